The van der Waals surface area contributed by atoms with Crippen molar-refractivity contribution < 1.29 is 9.53 Å². The molecule has 1 unspecified atom stereocenters. The van der Waals surface area contributed by atoms with E-state index in [-0.39, 0.29) is 11.2 Å². The highest BCUT2D eigenvalue weighted by Crippen LogP contribution is 2.21. The number of benzene rings is 1. The zero-order valence-corrected chi connectivity index (χ0v) is 14.4. The van der Waals surface area contributed by atoms with E-state index in [0.29, 0.717) is 13.2 Å². The van der Waals surface area contributed by atoms with Crippen LogP contribution in [0.15, 0.2) is 18.2 Å². The summed E-state index contributed by atoms with van der Waals surface area (Å²) in [5, 5.41) is 2.93. The Morgan fingerprint density at radius 3 is 2.86 bits per heavy atom. The van der Waals surface area contributed by atoms with Gasteiger partial charge in [-0.15, -0.1) is 11.8 Å². The van der Waals surface area contributed by atoms with Gasteiger partial charge in [0.25, 0.3) is 0 Å². The zero-order chi connectivity index (χ0) is 15.7. The molecule has 21 heavy (non-hydrogen) atoms. The Balaban J connectivity index is 2.30. The van der Waals surface area contributed by atoms with Crippen LogP contribution in [0.5, 0.6) is 0 Å². The highest BCUT2D eigenvalue weighted by atomic mass is 32.2. The quantitative estimate of drug-likeness (QED) is 0.710. The van der Waals surface area contributed by atoms with Crippen molar-refractivity contribution in [2.45, 2.75) is 45.1 Å². The third-order valence-electron chi connectivity index (χ3n) is 3.33. The third kappa shape index (κ3) is 7.00. The fraction of sp³-hybridized carbons (Fsp3) is 0.588. The molecule has 1 rings (SSSR count). The van der Waals surface area contributed by atoms with E-state index >= 15 is 0 Å². The summed E-state index contributed by atoms with van der Waals surface area (Å²) < 4.78 is 5.25. The van der Waals surface area contributed by atoms with Crippen molar-refractivity contribution >= 4 is 17.7 Å². The fourth-order valence-electron chi connectivity index (χ4n) is 1.92. The predicted octanol–water partition coefficient (Wildman–Crippen LogP) is 3.47. The Bertz CT molecular complexity index is 448. The lowest BCUT2D eigenvalue weighted by Gasteiger charge is -2.13. The van der Waals surface area contributed by atoms with Crippen LogP contribution in [0.1, 0.15) is 37.0 Å². The predicted molar refractivity (Wildman–Crippen MR) is 90.8 cm³/mol. The third-order valence-corrected chi connectivity index (χ3v) is 4.52. The molecule has 0 bridgehead atoms. The molecule has 0 spiro atoms. The molecule has 4 heteroatoms. The fourth-order valence-corrected chi connectivity index (χ4v) is 2.90. The lowest BCUT2D eigenvalue weighted by atomic mass is 10.1. The van der Waals surface area contributed by atoms with Crippen LogP contribution in [-0.2, 0) is 15.3 Å². The molecule has 118 valence electrons. The standard InChI is InChI=1S/C17H27NO2S/c1-5-20-10-6-9-18-17(19)15(4)21-12-16-11-13(2)7-8-14(16)3/h7-8,11,15H,5-6,9-10,12H2,1-4H3,(H,18,19). The van der Waals surface area contributed by atoms with Crippen LogP contribution >= 0.6 is 11.8 Å². The molecule has 1 amide bonds. The first-order valence-corrected chi connectivity index (χ1v) is 8.62. The normalized spacial score (nSPS) is 12.2. The van der Waals surface area contributed by atoms with Crippen LogP contribution in [0.3, 0.4) is 0 Å². The van der Waals surface area contributed by atoms with Crippen LogP contribution in [0, 0.1) is 13.8 Å². The number of nitrogens with one attached hydrogen (secondary N) is 1. The number of carbonyl (C=O) groups excluding carboxylic acids is 1. The van der Waals surface area contributed by atoms with Gasteiger partial charge in [-0.1, -0.05) is 23.8 Å². The number of carbonyl (C=O) groups is 1. The number of rotatable bonds is 9. The van der Waals surface area contributed by atoms with Gasteiger partial charge in [0, 0.05) is 25.5 Å². The summed E-state index contributed by atoms with van der Waals surface area (Å²) in [4.78, 5) is 12.0. The van der Waals surface area contributed by atoms with Crippen molar-refractivity contribution in [2.24, 2.45) is 0 Å². The molecule has 0 aromatic heterocycles. The molecule has 1 N–H and O–H groups in total. The molecular weight excluding hydrogens is 282 g/mol. The number of ether oxygens (including phenoxy) is 1. The number of hydrogen-bond acceptors (Lipinski definition) is 3. The summed E-state index contributed by atoms with van der Waals surface area (Å²) in [6, 6.07) is 6.47. The second-order valence-corrected chi connectivity index (χ2v) is 6.55. The van der Waals surface area contributed by atoms with E-state index in [0.717, 1.165) is 18.8 Å². The van der Waals surface area contributed by atoms with Gasteiger partial charge < -0.3 is 10.1 Å². The second-order valence-electron chi connectivity index (χ2n) is 5.22. The molecule has 0 fully saturated rings. The van der Waals surface area contributed by atoms with Gasteiger partial charge in [-0.05, 0) is 45.2 Å². The van der Waals surface area contributed by atoms with Gasteiger partial charge in [0.2, 0.25) is 5.91 Å². The monoisotopic (exact) mass is 309 g/mol. The highest BCUT2D eigenvalue weighted by molar-refractivity contribution is 7.99. The molecule has 0 saturated carbocycles. The van der Waals surface area contributed by atoms with Crippen LogP contribution in [0.25, 0.3) is 0 Å². The van der Waals surface area contributed by atoms with Gasteiger partial charge in [0.05, 0.1) is 5.25 Å². The van der Waals surface area contributed by atoms with Crippen molar-refractivity contribution in [1.82, 2.24) is 5.32 Å². The summed E-state index contributed by atoms with van der Waals surface area (Å²) in [7, 11) is 0. The Morgan fingerprint density at radius 2 is 2.14 bits per heavy atom. The summed E-state index contributed by atoms with van der Waals surface area (Å²) >= 11 is 1.69. The summed E-state index contributed by atoms with van der Waals surface area (Å²) in [5.74, 6) is 0.989. The van der Waals surface area contributed by atoms with E-state index in [1.165, 1.54) is 16.7 Å². The minimum Gasteiger partial charge on any atom is -0.382 e. The van der Waals surface area contributed by atoms with Crippen molar-refractivity contribution in [1.29, 1.82) is 0 Å². The molecule has 1 aromatic carbocycles. The topological polar surface area (TPSA) is 38.3 Å². The van der Waals surface area contributed by atoms with Crippen LogP contribution in [0.2, 0.25) is 0 Å². The maximum Gasteiger partial charge on any atom is 0.232 e. The van der Waals surface area contributed by atoms with E-state index in [1.54, 1.807) is 11.8 Å². The van der Waals surface area contributed by atoms with E-state index in [2.05, 4.69) is 37.4 Å². The molecule has 0 aliphatic carbocycles. The lowest BCUT2D eigenvalue weighted by Crippen LogP contribution is -2.32. The molecule has 0 aliphatic heterocycles. The first-order valence-electron chi connectivity index (χ1n) is 7.57. The summed E-state index contributed by atoms with van der Waals surface area (Å²) in [6.07, 6.45) is 0.869. The van der Waals surface area contributed by atoms with E-state index in [4.69, 9.17) is 4.74 Å². The molecule has 0 aliphatic rings. The minimum absolute atomic E-state index is 0.0306. The van der Waals surface area contributed by atoms with E-state index < -0.39 is 0 Å². The number of thioether (sulfide) groups is 1. The van der Waals surface area contributed by atoms with Crippen molar-refractivity contribution in [2.75, 3.05) is 19.8 Å². The van der Waals surface area contributed by atoms with Crippen molar-refractivity contribution in [3.63, 3.8) is 0 Å². The highest BCUT2D eigenvalue weighted by Gasteiger charge is 2.13. The lowest BCUT2D eigenvalue weighted by molar-refractivity contribution is -0.120. The first kappa shape index (κ1) is 18.1. The van der Waals surface area contributed by atoms with Crippen molar-refractivity contribution in [3.8, 4) is 0 Å². The van der Waals surface area contributed by atoms with E-state index in [1.807, 2.05) is 13.8 Å². The zero-order valence-electron chi connectivity index (χ0n) is 13.6. The number of hydrogen-bond donors (Lipinski definition) is 1. The number of aryl methyl sites for hydroxylation is 2. The Morgan fingerprint density at radius 1 is 1.38 bits per heavy atom. The first-order chi connectivity index (χ1) is 10.0. The largest absolute Gasteiger partial charge is 0.382 e. The van der Waals surface area contributed by atoms with Gasteiger partial charge in [-0.3, -0.25) is 4.79 Å². The smallest absolute Gasteiger partial charge is 0.232 e. The average molecular weight is 309 g/mol. The Kier molecular flexibility index (Phi) is 8.47. The van der Waals surface area contributed by atoms with E-state index in [9.17, 15) is 4.79 Å². The van der Waals surface area contributed by atoms with Gasteiger partial charge in [-0.2, -0.15) is 0 Å². The maximum atomic E-state index is 12.0. The Hall–Kier alpha value is -1.00. The minimum atomic E-state index is -0.0306. The summed E-state index contributed by atoms with van der Waals surface area (Å²) in [5.41, 5.74) is 3.87. The van der Waals surface area contributed by atoms with Crippen molar-refractivity contribution in [3.05, 3.63) is 34.9 Å². The second kappa shape index (κ2) is 9.85. The number of amides is 1. The van der Waals surface area contributed by atoms with Crippen LogP contribution in [0.4, 0.5) is 0 Å². The maximum absolute atomic E-state index is 12.0. The molecular formula is C17H27NO2S. The van der Waals surface area contributed by atoms with Gasteiger partial charge in [0.15, 0.2) is 0 Å². The Labute approximate surface area is 132 Å². The molecule has 0 heterocycles. The molecule has 1 aromatic rings. The molecule has 1 atom stereocenters. The average Bonchev–Trinajstić information content (AvgIpc) is 2.47. The van der Waals surface area contributed by atoms with Gasteiger partial charge in [-0.25, -0.2) is 0 Å². The van der Waals surface area contributed by atoms with Gasteiger partial charge in [0.1, 0.15) is 0 Å². The van der Waals surface area contributed by atoms with Crippen LogP contribution in [-0.4, -0.2) is 30.9 Å². The summed E-state index contributed by atoms with van der Waals surface area (Å²) in [6.45, 7) is 10.3. The SMILES string of the molecule is CCOCCCNC(=O)C(C)SCc1cc(C)ccc1C. The van der Waals surface area contributed by atoms with Crippen LogP contribution < -0.4 is 5.32 Å². The van der Waals surface area contributed by atoms with Gasteiger partial charge >= 0.3 is 0 Å². The molecule has 0 saturated heterocycles. The molecule has 0 radical (unpaired) electrons. The molecule has 3 nitrogen and oxygen atoms in total.